The molecule has 1 heterocycles. The summed E-state index contributed by atoms with van der Waals surface area (Å²) in [5.74, 6) is -2.19. The first-order chi connectivity index (χ1) is 19.1. The Morgan fingerprint density at radius 3 is 2.27 bits per heavy atom. The number of carboxylic acid groups (broad SMARTS) is 1. The van der Waals surface area contributed by atoms with Gasteiger partial charge in [-0.3, -0.25) is 9.59 Å². The summed E-state index contributed by atoms with van der Waals surface area (Å²) in [5.41, 5.74) is 0.0226. The Labute approximate surface area is 235 Å². The molecule has 4 rings (SSSR count). The number of halogens is 3. The normalized spacial score (nSPS) is 12.6. The molecule has 0 unspecified atom stereocenters. The Balaban J connectivity index is 1.55. The van der Waals surface area contributed by atoms with E-state index in [1.165, 1.54) is 29.2 Å². The Morgan fingerprint density at radius 1 is 0.950 bits per heavy atom. The lowest BCUT2D eigenvalue weighted by Crippen LogP contribution is -2.45. The van der Waals surface area contributed by atoms with Gasteiger partial charge in [0.1, 0.15) is 11.7 Å². The molecule has 0 fully saturated rings. The highest BCUT2D eigenvalue weighted by Crippen LogP contribution is 2.29. The first kappa shape index (κ1) is 28.9. The zero-order valence-corrected chi connectivity index (χ0v) is 22.4. The number of alkyl halides is 3. The number of benzene rings is 3. The third-order valence-corrected chi connectivity index (χ3v) is 7.91. The predicted octanol–water partition coefficient (Wildman–Crippen LogP) is 6.19. The summed E-state index contributed by atoms with van der Waals surface area (Å²) in [6.45, 7) is 0. The Bertz CT molecular complexity index is 1500. The van der Waals surface area contributed by atoms with Crippen molar-refractivity contribution in [3.8, 4) is 0 Å². The van der Waals surface area contributed by atoms with Gasteiger partial charge in [0.2, 0.25) is 0 Å². The summed E-state index contributed by atoms with van der Waals surface area (Å²) in [5, 5.41) is 15.5. The van der Waals surface area contributed by atoms with E-state index in [0.717, 1.165) is 39.9 Å². The highest BCUT2D eigenvalue weighted by Gasteiger charge is 2.30. The molecule has 3 aromatic carbocycles. The van der Waals surface area contributed by atoms with Crippen LogP contribution in [0, 0.1) is 0 Å². The van der Waals surface area contributed by atoms with Crippen molar-refractivity contribution in [2.24, 2.45) is 0 Å². The average molecular weight is 585 g/mol. The number of rotatable bonds is 10. The lowest BCUT2D eigenvalue weighted by Gasteiger charge is -2.16. The second-order valence-electron chi connectivity index (χ2n) is 8.65. The monoisotopic (exact) mass is 584 g/mol. The number of carbonyl (C=O) groups excluding carboxylic acids is 2. The molecule has 0 saturated carbocycles. The molecule has 0 aliphatic rings. The van der Waals surface area contributed by atoms with Crippen molar-refractivity contribution in [1.82, 2.24) is 10.6 Å². The zero-order valence-electron chi connectivity index (χ0n) is 20.8. The quantitative estimate of drug-likeness (QED) is 0.193. The molecular weight excluding hydrogens is 561 g/mol. The number of thiophene rings is 1. The number of fused-ring (bicyclic) bond motifs is 1. The second-order valence-corrected chi connectivity index (χ2v) is 10.8. The molecule has 0 aliphatic heterocycles. The Kier molecular flexibility index (Phi) is 9.28. The average Bonchev–Trinajstić information content (AvgIpc) is 3.37. The van der Waals surface area contributed by atoms with Crippen LogP contribution in [0.1, 0.15) is 26.4 Å². The van der Waals surface area contributed by atoms with Gasteiger partial charge in [-0.1, -0.05) is 60.7 Å². The fraction of sp³-hybridized carbons (Fsp3) is 0.138. The van der Waals surface area contributed by atoms with E-state index in [1.54, 1.807) is 6.07 Å². The molecular formula is C29H23F3N2O4S2. The third kappa shape index (κ3) is 7.73. The number of amides is 2. The van der Waals surface area contributed by atoms with Crippen molar-refractivity contribution >= 4 is 57.0 Å². The molecule has 40 heavy (non-hydrogen) atoms. The molecule has 1 aromatic heterocycles. The maximum absolute atomic E-state index is 13.2. The van der Waals surface area contributed by atoms with E-state index in [0.29, 0.717) is 10.6 Å². The SMILES string of the molecule is O=C(N[C@H](CSCc1ccccc1)C(=O)O)/C(=C/c1ccc(C(F)(F)F)cc1)NC(=O)c1cc2ccccc2s1. The first-order valence-corrected chi connectivity index (χ1v) is 13.9. The van der Waals surface area contributed by atoms with Crippen LogP contribution in [0.15, 0.2) is 90.6 Å². The summed E-state index contributed by atoms with van der Waals surface area (Å²) in [7, 11) is 0. The van der Waals surface area contributed by atoms with Gasteiger partial charge in [0, 0.05) is 16.2 Å². The molecule has 0 bridgehead atoms. The molecule has 206 valence electrons. The van der Waals surface area contributed by atoms with Gasteiger partial charge in [-0.25, -0.2) is 4.79 Å². The fourth-order valence-corrected chi connectivity index (χ4v) is 5.62. The summed E-state index contributed by atoms with van der Waals surface area (Å²) >= 11 is 2.51. The van der Waals surface area contributed by atoms with Crippen LogP contribution in [-0.4, -0.2) is 34.7 Å². The van der Waals surface area contributed by atoms with Crippen molar-refractivity contribution in [1.29, 1.82) is 0 Å². The van der Waals surface area contributed by atoms with Gasteiger partial charge >= 0.3 is 12.1 Å². The predicted molar refractivity (Wildman–Crippen MR) is 151 cm³/mol. The summed E-state index contributed by atoms with van der Waals surface area (Å²) in [6.07, 6.45) is -3.33. The van der Waals surface area contributed by atoms with Gasteiger partial charge in [-0.05, 0) is 46.9 Å². The smallest absolute Gasteiger partial charge is 0.416 e. The Morgan fingerprint density at radius 2 is 1.62 bits per heavy atom. The van der Waals surface area contributed by atoms with Crippen molar-refractivity contribution in [3.05, 3.63) is 112 Å². The molecule has 2 amide bonds. The standard InChI is InChI=1S/C29H23F3N2O4S2/c30-29(31,32)21-12-10-18(11-13-21)14-22(33-27(36)25-15-20-8-4-5-9-24(20)40-25)26(35)34-23(28(37)38)17-39-16-19-6-2-1-3-7-19/h1-15,23H,16-17H2,(H,33,36)(H,34,35)(H,37,38)/b22-14-/t23-/m1/s1. The molecule has 11 heteroatoms. The first-order valence-electron chi connectivity index (χ1n) is 11.9. The molecule has 6 nitrogen and oxygen atoms in total. The summed E-state index contributed by atoms with van der Waals surface area (Å²) in [4.78, 5) is 38.5. The van der Waals surface area contributed by atoms with Crippen molar-refractivity contribution in [3.63, 3.8) is 0 Å². The highest BCUT2D eigenvalue weighted by molar-refractivity contribution is 7.98. The number of carbonyl (C=O) groups is 3. The van der Waals surface area contributed by atoms with E-state index in [-0.39, 0.29) is 17.0 Å². The van der Waals surface area contributed by atoms with E-state index < -0.39 is 35.6 Å². The van der Waals surface area contributed by atoms with Gasteiger partial charge in [0.25, 0.3) is 11.8 Å². The van der Waals surface area contributed by atoms with E-state index >= 15 is 0 Å². The number of hydrogen-bond acceptors (Lipinski definition) is 5. The third-order valence-electron chi connectivity index (χ3n) is 5.69. The van der Waals surface area contributed by atoms with Crippen LogP contribution in [0.2, 0.25) is 0 Å². The molecule has 0 saturated heterocycles. The largest absolute Gasteiger partial charge is 0.480 e. The Hall–Kier alpha value is -4.09. The highest BCUT2D eigenvalue weighted by atomic mass is 32.2. The van der Waals surface area contributed by atoms with Crippen molar-refractivity contribution in [2.45, 2.75) is 18.0 Å². The van der Waals surface area contributed by atoms with E-state index in [1.807, 2.05) is 54.6 Å². The molecule has 1 atom stereocenters. The molecule has 0 radical (unpaired) electrons. The lowest BCUT2D eigenvalue weighted by atomic mass is 10.1. The zero-order chi connectivity index (χ0) is 28.7. The molecule has 4 aromatic rings. The van der Waals surface area contributed by atoms with Crippen LogP contribution in [-0.2, 0) is 21.5 Å². The molecule has 3 N–H and O–H groups in total. The van der Waals surface area contributed by atoms with Crippen LogP contribution in [0.3, 0.4) is 0 Å². The number of nitrogens with one attached hydrogen (secondary N) is 2. The lowest BCUT2D eigenvalue weighted by molar-refractivity contribution is -0.140. The number of hydrogen-bond donors (Lipinski definition) is 3. The number of aliphatic carboxylic acids is 1. The molecule has 0 aliphatic carbocycles. The maximum Gasteiger partial charge on any atom is 0.416 e. The van der Waals surface area contributed by atoms with Crippen LogP contribution < -0.4 is 10.6 Å². The van der Waals surface area contributed by atoms with Gasteiger partial charge in [-0.15, -0.1) is 11.3 Å². The van der Waals surface area contributed by atoms with Crippen LogP contribution in [0.5, 0.6) is 0 Å². The van der Waals surface area contributed by atoms with Gasteiger partial charge in [0.15, 0.2) is 0 Å². The number of thioether (sulfide) groups is 1. The minimum atomic E-state index is -4.54. The van der Waals surface area contributed by atoms with Crippen LogP contribution in [0.4, 0.5) is 13.2 Å². The van der Waals surface area contributed by atoms with Gasteiger partial charge < -0.3 is 15.7 Å². The minimum absolute atomic E-state index is 0.0494. The van der Waals surface area contributed by atoms with Crippen molar-refractivity contribution < 1.29 is 32.7 Å². The van der Waals surface area contributed by atoms with E-state index in [2.05, 4.69) is 10.6 Å². The topological polar surface area (TPSA) is 95.5 Å². The van der Waals surface area contributed by atoms with Gasteiger partial charge in [0.05, 0.1) is 10.4 Å². The fourth-order valence-electron chi connectivity index (χ4n) is 3.65. The van der Waals surface area contributed by atoms with Gasteiger partial charge in [-0.2, -0.15) is 24.9 Å². The second kappa shape index (κ2) is 12.8. The van der Waals surface area contributed by atoms with E-state index in [4.69, 9.17) is 0 Å². The van der Waals surface area contributed by atoms with E-state index in [9.17, 15) is 32.7 Å². The maximum atomic E-state index is 13.2. The van der Waals surface area contributed by atoms with Crippen molar-refractivity contribution in [2.75, 3.05) is 5.75 Å². The summed E-state index contributed by atoms with van der Waals surface area (Å²) < 4.78 is 39.8. The van der Waals surface area contributed by atoms with Crippen LogP contribution in [0.25, 0.3) is 16.2 Å². The minimum Gasteiger partial charge on any atom is -0.480 e. The molecule has 0 spiro atoms. The van der Waals surface area contributed by atoms with Crippen LogP contribution >= 0.6 is 23.1 Å². The summed E-state index contributed by atoms with van der Waals surface area (Å²) in [6, 6.07) is 21.1. The number of carboxylic acids is 1.